The van der Waals surface area contributed by atoms with Crippen LogP contribution in [0.5, 0.6) is 11.5 Å². The van der Waals surface area contributed by atoms with Crippen molar-refractivity contribution >= 4 is 9.84 Å². The van der Waals surface area contributed by atoms with Crippen molar-refractivity contribution in [2.24, 2.45) is 5.92 Å². The fraction of sp³-hybridized carbons (Fsp3) is 0.467. The molecule has 0 aliphatic carbocycles. The second kappa shape index (κ2) is 6.19. The highest BCUT2D eigenvalue weighted by atomic mass is 32.2. The summed E-state index contributed by atoms with van der Waals surface area (Å²) < 4.78 is 38.7. The molecule has 2 aromatic rings. The van der Waals surface area contributed by atoms with Gasteiger partial charge in [-0.2, -0.15) is 4.98 Å². The minimum absolute atomic E-state index is 0.0544. The van der Waals surface area contributed by atoms with Gasteiger partial charge in [0.25, 0.3) is 0 Å². The molecule has 8 heteroatoms. The molecule has 1 fully saturated rings. The lowest BCUT2D eigenvalue weighted by Gasteiger charge is -2.07. The Labute approximate surface area is 134 Å². The number of hydrogen-bond acceptors (Lipinski definition) is 7. The molecule has 3 rings (SSSR count). The summed E-state index contributed by atoms with van der Waals surface area (Å²) in [6.45, 7) is 0. The van der Waals surface area contributed by atoms with Crippen LogP contribution >= 0.6 is 0 Å². The molecule has 23 heavy (non-hydrogen) atoms. The zero-order valence-corrected chi connectivity index (χ0v) is 13.8. The van der Waals surface area contributed by atoms with Crippen molar-refractivity contribution in [3.05, 3.63) is 24.1 Å². The predicted molar refractivity (Wildman–Crippen MR) is 83.3 cm³/mol. The number of sulfone groups is 1. The number of nitrogens with zero attached hydrogens (tertiary/aromatic N) is 2. The van der Waals surface area contributed by atoms with Gasteiger partial charge in [-0.05, 0) is 30.5 Å². The SMILES string of the molecule is COc1ccc(-c2noc(C[C@H]3CCS(=O)(=O)C3)n2)cc1OC. The van der Waals surface area contributed by atoms with Gasteiger partial charge in [-0.25, -0.2) is 8.42 Å². The molecule has 1 aliphatic heterocycles. The van der Waals surface area contributed by atoms with E-state index >= 15 is 0 Å². The Morgan fingerprint density at radius 3 is 2.70 bits per heavy atom. The molecule has 1 aromatic carbocycles. The number of ether oxygens (including phenoxy) is 2. The molecular weight excluding hydrogens is 320 g/mol. The van der Waals surface area contributed by atoms with E-state index in [-0.39, 0.29) is 17.4 Å². The fourth-order valence-electron chi connectivity index (χ4n) is 2.71. The number of hydrogen-bond donors (Lipinski definition) is 0. The number of methoxy groups -OCH3 is 2. The summed E-state index contributed by atoms with van der Waals surface area (Å²) in [5.41, 5.74) is 0.747. The number of benzene rings is 1. The Kier molecular flexibility index (Phi) is 4.25. The summed E-state index contributed by atoms with van der Waals surface area (Å²) in [6, 6.07) is 5.36. The van der Waals surface area contributed by atoms with E-state index in [1.54, 1.807) is 26.4 Å². The van der Waals surface area contributed by atoms with Crippen LogP contribution < -0.4 is 9.47 Å². The van der Waals surface area contributed by atoms with Crippen LogP contribution in [0.4, 0.5) is 0 Å². The van der Waals surface area contributed by atoms with Crippen molar-refractivity contribution in [2.45, 2.75) is 12.8 Å². The lowest BCUT2D eigenvalue weighted by atomic mass is 10.1. The third-order valence-electron chi connectivity index (χ3n) is 3.90. The lowest BCUT2D eigenvalue weighted by Crippen LogP contribution is -2.07. The predicted octanol–water partition coefficient (Wildman–Crippen LogP) is 1.73. The van der Waals surface area contributed by atoms with E-state index in [0.29, 0.717) is 36.1 Å². The van der Waals surface area contributed by atoms with Crippen LogP contribution in [0, 0.1) is 5.92 Å². The Hall–Kier alpha value is -2.09. The quantitative estimate of drug-likeness (QED) is 0.820. The molecule has 0 spiro atoms. The first-order valence-corrected chi connectivity index (χ1v) is 9.08. The molecule has 1 atom stereocenters. The van der Waals surface area contributed by atoms with Gasteiger partial charge in [0.05, 0.1) is 25.7 Å². The minimum Gasteiger partial charge on any atom is -0.493 e. The van der Waals surface area contributed by atoms with Crippen LogP contribution in [0.3, 0.4) is 0 Å². The first-order valence-electron chi connectivity index (χ1n) is 7.26. The van der Waals surface area contributed by atoms with Crippen LogP contribution in [0.2, 0.25) is 0 Å². The zero-order valence-electron chi connectivity index (χ0n) is 13.0. The fourth-order valence-corrected chi connectivity index (χ4v) is 4.57. The maximum atomic E-state index is 11.5. The first kappa shape index (κ1) is 15.8. The highest BCUT2D eigenvalue weighted by molar-refractivity contribution is 7.91. The van der Waals surface area contributed by atoms with Crippen LogP contribution in [0.25, 0.3) is 11.4 Å². The third-order valence-corrected chi connectivity index (χ3v) is 5.74. The summed E-state index contributed by atoms with van der Waals surface area (Å²) in [7, 11) is 0.231. The second-order valence-electron chi connectivity index (χ2n) is 5.55. The highest BCUT2D eigenvalue weighted by Crippen LogP contribution is 2.31. The smallest absolute Gasteiger partial charge is 0.227 e. The van der Waals surface area contributed by atoms with Crippen molar-refractivity contribution in [2.75, 3.05) is 25.7 Å². The van der Waals surface area contributed by atoms with Crippen molar-refractivity contribution < 1.29 is 22.4 Å². The van der Waals surface area contributed by atoms with Gasteiger partial charge >= 0.3 is 0 Å². The van der Waals surface area contributed by atoms with Crippen molar-refractivity contribution in [1.29, 1.82) is 0 Å². The standard InChI is InChI=1S/C15H18N2O5S/c1-20-12-4-3-11(8-13(12)21-2)15-16-14(22-17-15)7-10-5-6-23(18,19)9-10/h3-4,8,10H,5-7,9H2,1-2H3/t10-/m1/s1. The molecule has 0 N–H and O–H groups in total. The van der Waals surface area contributed by atoms with Crippen LogP contribution in [0.15, 0.2) is 22.7 Å². The molecule has 0 radical (unpaired) electrons. The van der Waals surface area contributed by atoms with E-state index in [9.17, 15) is 8.42 Å². The summed E-state index contributed by atoms with van der Waals surface area (Å²) in [5.74, 6) is 2.60. The number of aromatic nitrogens is 2. The van der Waals surface area contributed by atoms with Gasteiger partial charge in [0.15, 0.2) is 21.3 Å². The Bertz CT molecular complexity index is 800. The normalized spacial score (nSPS) is 19.7. The summed E-state index contributed by atoms with van der Waals surface area (Å²) in [6.07, 6.45) is 1.13. The van der Waals surface area contributed by atoms with E-state index in [1.165, 1.54) is 0 Å². The molecule has 0 unspecified atom stereocenters. The van der Waals surface area contributed by atoms with Gasteiger partial charge in [-0.3, -0.25) is 0 Å². The lowest BCUT2D eigenvalue weighted by molar-refractivity contribution is 0.354. The van der Waals surface area contributed by atoms with E-state index in [0.717, 1.165) is 5.56 Å². The van der Waals surface area contributed by atoms with Crippen molar-refractivity contribution in [3.63, 3.8) is 0 Å². The number of rotatable bonds is 5. The average Bonchev–Trinajstić information content (AvgIpc) is 3.13. The minimum atomic E-state index is -2.90. The van der Waals surface area contributed by atoms with Gasteiger partial charge in [0.2, 0.25) is 11.7 Å². The van der Waals surface area contributed by atoms with Crippen LogP contribution in [0.1, 0.15) is 12.3 Å². The van der Waals surface area contributed by atoms with E-state index in [1.807, 2.05) is 6.07 Å². The molecule has 1 saturated heterocycles. The van der Waals surface area contributed by atoms with Gasteiger partial charge < -0.3 is 14.0 Å². The molecule has 2 heterocycles. The van der Waals surface area contributed by atoms with Gasteiger partial charge in [0.1, 0.15) is 0 Å². The molecule has 1 aromatic heterocycles. The van der Waals surface area contributed by atoms with Crippen LogP contribution in [-0.2, 0) is 16.3 Å². The van der Waals surface area contributed by atoms with E-state index in [2.05, 4.69) is 10.1 Å². The topological polar surface area (TPSA) is 91.5 Å². The summed E-state index contributed by atoms with van der Waals surface area (Å²) >= 11 is 0. The van der Waals surface area contributed by atoms with Crippen molar-refractivity contribution in [3.8, 4) is 22.9 Å². The molecular formula is C15H18N2O5S. The summed E-state index contributed by atoms with van der Waals surface area (Å²) in [5, 5.41) is 3.96. The third kappa shape index (κ3) is 3.47. The van der Waals surface area contributed by atoms with Gasteiger partial charge in [-0.1, -0.05) is 5.16 Å². The molecule has 0 saturated carbocycles. The monoisotopic (exact) mass is 338 g/mol. The first-order chi connectivity index (χ1) is 11.0. The maximum Gasteiger partial charge on any atom is 0.227 e. The molecule has 124 valence electrons. The molecule has 0 bridgehead atoms. The average molecular weight is 338 g/mol. The summed E-state index contributed by atoms with van der Waals surface area (Å²) in [4.78, 5) is 4.35. The Balaban J connectivity index is 1.77. The molecule has 0 amide bonds. The largest absolute Gasteiger partial charge is 0.493 e. The van der Waals surface area contributed by atoms with Crippen LogP contribution in [-0.4, -0.2) is 44.3 Å². The van der Waals surface area contributed by atoms with E-state index < -0.39 is 9.84 Å². The molecule has 1 aliphatic rings. The molecule has 7 nitrogen and oxygen atoms in total. The highest BCUT2D eigenvalue weighted by Gasteiger charge is 2.29. The van der Waals surface area contributed by atoms with Gasteiger partial charge in [0, 0.05) is 12.0 Å². The zero-order chi connectivity index (χ0) is 16.4. The Morgan fingerprint density at radius 1 is 1.26 bits per heavy atom. The Morgan fingerprint density at radius 2 is 2.04 bits per heavy atom. The van der Waals surface area contributed by atoms with Crippen molar-refractivity contribution in [1.82, 2.24) is 10.1 Å². The van der Waals surface area contributed by atoms with E-state index in [4.69, 9.17) is 14.0 Å². The second-order valence-corrected chi connectivity index (χ2v) is 7.78. The van der Waals surface area contributed by atoms with Gasteiger partial charge in [-0.15, -0.1) is 0 Å². The maximum absolute atomic E-state index is 11.5.